The number of halogens is 3. The standard InChI is InChI=1S/C17H16ClF2NO2/c18-13-6-2-1-5-12(13)15(22)10-21-16(23)9-8-11-4-3-7-14(19)17(11)20/h1-7,15,22H,8-10H2,(H,21,23). The number of aliphatic hydroxyl groups is 1. The van der Waals surface area contributed by atoms with Crippen LogP contribution in [0.5, 0.6) is 0 Å². The highest BCUT2D eigenvalue weighted by molar-refractivity contribution is 6.31. The molecule has 2 rings (SSSR count). The van der Waals surface area contributed by atoms with Gasteiger partial charge in [-0.1, -0.05) is 41.9 Å². The van der Waals surface area contributed by atoms with Gasteiger partial charge in [-0.2, -0.15) is 0 Å². The van der Waals surface area contributed by atoms with Crippen LogP contribution in [0.15, 0.2) is 42.5 Å². The number of amides is 1. The van der Waals surface area contributed by atoms with Crippen molar-refractivity contribution in [2.45, 2.75) is 18.9 Å². The van der Waals surface area contributed by atoms with Gasteiger partial charge in [0.2, 0.25) is 5.91 Å². The van der Waals surface area contributed by atoms with Crippen LogP contribution >= 0.6 is 11.6 Å². The summed E-state index contributed by atoms with van der Waals surface area (Å²) in [7, 11) is 0. The van der Waals surface area contributed by atoms with Gasteiger partial charge >= 0.3 is 0 Å². The van der Waals surface area contributed by atoms with Gasteiger partial charge in [-0.25, -0.2) is 8.78 Å². The van der Waals surface area contributed by atoms with Crippen molar-refractivity contribution in [1.82, 2.24) is 5.32 Å². The lowest BCUT2D eigenvalue weighted by Gasteiger charge is -2.13. The fourth-order valence-corrected chi connectivity index (χ4v) is 2.41. The summed E-state index contributed by atoms with van der Waals surface area (Å²) in [6, 6.07) is 10.6. The largest absolute Gasteiger partial charge is 0.387 e. The fraction of sp³-hybridized carbons (Fsp3) is 0.235. The molecule has 6 heteroatoms. The van der Waals surface area contributed by atoms with Crippen molar-refractivity contribution in [2.24, 2.45) is 0 Å². The number of rotatable bonds is 6. The first kappa shape index (κ1) is 17.4. The van der Waals surface area contributed by atoms with Crippen molar-refractivity contribution >= 4 is 17.5 Å². The molecule has 1 amide bonds. The van der Waals surface area contributed by atoms with Crippen LogP contribution < -0.4 is 5.32 Å². The molecule has 0 aromatic heterocycles. The summed E-state index contributed by atoms with van der Waals surface area (Å²) in [6.07, 6.45) is -0.855. The Bertz CT molecular complexity index is 694. The highest BCUT2D eigenvalue weighted by Crippen LogP contribution is 2.21. The number of benzene rings is 2. The minimum atomic E-state index is -0.934. The van der Waals surface area contributed by atoms with E-state index in [1.807, 2.05) is 0 Å². The molecule has 0 radical (unpaired) electrons. The summed E-state index contributed by atoms with van der Waals surface area (Å²) in [5, 5.41) is 13.0. The lowest BCUT2D eigenvalue weighted by Crippen LogP contribution is -2.28. The van der Waals surface area contributed by atoms with Gasteiger partial charge in [-0.3, -0.25) is 4.79 Å². The Morgan fingerprint density at radius 1 is 1.17 bits per heavy atom. The van der Waals surface area contributed by atoms with Crippen LogP contribution in [-0.2, 0) is 11.2 Å². The molecule has 0 spiro atoms. The van der Waals surface area contributed by atoms with Gasteiger partial charge in [0.15, 0.2) is 11.6 Å². The maximum Gasteiger partial charge on any atom is 0.220 e. The Morgan fingerprint density at radius 3 is 2.65 bits per heavy atom. The van der Waals surface area contributed by atoms with Crippen molar-refractivity contribution in [3.63, 3.8) is 0 Å². The van der Waals surface area contributed by atoms with Gasteiger partial charge in [0.05, 0.1) is 6.10 Å². The van der Waals surface area contributed by atoms with E-state index in [9.17, 15) is 18.7 Å². The molecular weight excluding hydrogens is 324 g/mol. The third kappa shape index (κ3) is 4.74. The Morgan fingerprint density at radius 2 is 1.91 bits per heavy atom. The molecule has 2 aromatic carbocycles. The van der Waals surface area contributed by atoms with E-state index in [0.29, 0.717) is 10.6 Å². The minimum Gasteiger partial charge on any atom is -0.387 e. The lowest BCUT2D eigenvalue weighted by molar-refractivity contribution is -0.121. The van der Waals surface area contributed by atoms with Crippen molar-refractivity contribution < 1.29 is 18.7 Å². The van der Waals surface area contributed by atoms with E-state index in [2.05, 4.69) is 5.32 Å². The number of carbonyl (C=O) groups is 1. The molecule has 2 N–H and O–H groups in total. The zero-order valence-electron chi connectivity index (χ0n) is 12.2. The fourth-order valence-electron chi connectivity index (χ4n) is 2.14. The highest BCUT2D eigenvalue weighted by atomic mass is 35.5. The maximum absolute atomic E-state index is 13.5. The predicted octanol–water partition coefficient (Wildman–Crippen LogP) is 3.40. The molecule has 0 aliphatic carbocycles. The first-order valence-electron chi connectivity index (χ1n) is 7.11. The summed E-state index contributed by atoms with van der Waals surface area (Å²) >= 11 is 5.96. The number of aryl methyl sites for hydroxylation is 1. The molecule has 122 valence electrons. The Hall–Kier alpha value is -1.98. The van der Waals surface area contributed by atoms with Crippen LogP contribution in [0.3, 0.4) is 0 Å². The van der Waals surface area contributed by atoms with E-state index in [-0.39, 0.29) is 30.9 Å². The number of aliphatic hydroxyl groups excluding tert-OH is 1. The molecule has 1 unspecified atom stereocenters. The molecule has 0 saturated heterocycles. The van der Waals surface area contributed by atoms with E-state index in [1.54, 1.807) is 24.3 Å². The van der Waals surface area contributed by atoms with Crippen LogP contribution in [-0.4, -0.2) is 17.6 Å². The van der Waals surface area contributed by atoms with Crippen molar-refractivity contribution in [1.29, 1.82) is 0 Å². The van der Waals surface area contributed by atoms with Gasteiger partial charge in [0.1, 0.15) is 0 Å². The second-order valence-corrected chi connectivity index (χ2v) is 5.46. The van der Waals surface area contributed by atoms with E-state index in [1.165, 1.54) is 12.1 Å². The van der Waals surface area contributed by atoms with Crippen LogP contribution in [0.4, 0.5) is 8.78 Å². The van der Waals surface area contributed by atoms with Crippen molar-refractivity contribution in [3.05, 3.63) is 70.2 Å². The van der Waals surface area contributed by atoms with Crippen LogP contribution in [0, 0.1) is 11.6 Å². The molecule has 0 heterocycles. The molecule has 0 saturated carbocycles. The smallest absolute Gasteiger partial charge is 0.220 e. The Kier molecular flexibility index (Phi) is 6.07. The van der Waals surface area contributed by atoms with Crippen molar-refractivity contribution in [3.8, 4) is 0 Å². The van der Waals surface area contributed by atoms with E-state index in [4.69, 9.17) is 11.6 Å². The molecule has 3 nitrogen and oxygen atoms in total. The summed E-state index contributed by atoms with van der Waals surface area (Å²) < 4.78 is 26.5. The normalized spacial score (nSPS) is 12.0. The monoisotopic (exact) mass is 339 g/mol. The number of carbonyl (C=O) groups excluding carboxylic acids is 1. The van der Waals surface area contributed by atoms with Gasteiger partial charge < -0.3 is 10.4 Å². The molecule has 2 aromatic rings. The first-order chi connectivity index (χ1) is 11.0. The Balaban J connectivity index is 1.84. The van der Waals surface area contributed by atoms with Crippen LogP contribution in [0.25, 0.3) is 0 Å². The third-order valence-electron chi connectivity index (χ3n) is 3.41. The Labute approximate surface area is 137 Å². The molecule has 23 heavy (non-hydrogen) atoms. The number of nitrogens with one attached hydrogen (secondary N) is 1. The minimum absolute atomic E-state index is 0.00435. The topological polar surface area (TPSA) is 49.3 Å². The highest BCUT2D eigenvalue weighted by Gasteiger charge is 2.13. The molecule has 0 fully saturated rings. The first-order valence-corrected chi connectivity index (χ1v) is 7.49. The third-order valence-corrected chi connectivity index (χ3v) is 3.75. The average Bonchev–Trinajstić information content (AvgIpc) is 2.54. The molecule has 1 atom stereocenters. The zero-order chi connectivity index (χ0) is 16.8. The predicted molar refractivity (Wildman–Crippen MR) is 84.1 cm³/mol. The number of hydrogen-bond acceptors (Lipinski definition) is 2. The molecular formula is C17H16ClF2NO2. The zero-order valence-corrected chi connectivity index (χ0v) is 13.0. The summed E-state index contributed by atoms with van der Waals surface area (Å²) in [6.45, 7) is -0.00575. The summed E-state index contributed by atoms with van der Waals surface area (Å²) in [5.74, 6) is -2.23. The maximum atomic E-state index is 13.5. The van der Waals surface area contributed by atoms with Crippen molar-refractivity contribution in [2.75, 3.05) is 6.54 Å². The van der Waals surface area contributed by atoms with Gasteiger partial charge in [-0.15, -0.1) is 0 Å². The number of hydrogen-bond donors (Lipinski definition) is 2. The van der Waals surface area contributed by atoms with Gasteiger partial charge in [0.25, 0.3) is 0 Å². The van der Waals surface area contributed by atoms with Gasteiger partial charge in [-0.05, 0) is 24.1 Å². The van der Waals surface area contributed by atoms with E-state index in [0.717, 1.165) is 6.07 Å². The average molecular weight is 340 g/mol. The SMILES string of the molecule is O=C(CCc1cccc(F)c1F)NCC(O)c1ccccc1Cl. The lowest BCUT2D eigenvalue weighted by atomic mass is 10.1. The summed E-state index contributed by atoms with van der Waals surface area (Å²) in [5.41, 5.74) is 0.664. The van der Waals surface area contributed by atoms with E-state index >= 15 is 0 Å². The second kappa shape index (κ2) is 8.04. The molecule has 0 bridgehead atoms. The van der Waals surface area contributed by atoms with Crippen LogP contribution in [0.1, 0.15) is 23.7 Å². The quantitative estimate of drug-likeness (QED) is 0.847. The summed E-state index contributed by atoms with van der Waals surface area (Å²) in [4.78, 5) is 11.8. The van der Waals surface area contributed by atoms with E-state index < -0.39 is 17.7 Å². The second-order valence-electron chi connectivity index (χ2n) is 5.05. The molecule has 0 aliphatic heterocycles. The molecule has 0 aliphatic rings. The van der Waals surface area contributed by atoms with Gasteiger partial charge in [0, 0.05) is 23.6 Å². The van der Waals surface area contributed by atoms with Crippen LogP contribution in [0.2, 0.25) is 5.02 Å².